The summed E-state index contributed by atoms with van der Waals surface area (Å²) in [6, 6.07) is 10.8. The van der Waals surface area contributed by atoms with Gasteiger partial charge in [0, 0.05) is 16.2 Å². The minimum absolute atomic E-state index is 0.141. The SMILES string of the molecule is COc1ccc(-c2nnc(SCC(=O)Nc3ccc(Br)cn3)o2)cc1. The lowest BCUT2D eigenvalue weighted by molar-refractivity contribution is -0.113. The molecule has 0 fully saturated rings. The lowest BCUT2D eigenvalue weighted by atomic mass is 10.2. The molecule has 0 saturated heterocycles. The Balaban J connectivity index is 1.55. The quantitative estimate of drug-likeness (QED) is 0.608. The molecule has 0 bridgehead atoms. The molecular formula is C16H13BrN4O3S. The lowest BCUT2D eigenvalue weighted by Gasteiger charge is -2.02. The molecule has 2 heterocycles. The van der Waals surface area contributed by atoms with Crippen LogP contribution in [0.3, 0.4) is 0 Å². The van der Waals surface area contributed by atoms with E-state index in [0.29, 0.717) is 16.9 Å². The molecule has 7 nitrogen and oxygen atoms in total. The van der Waals surface area contributed by atoms with Crippen LogP contribution in [0.15, 0.2) is 56.7 Å². The number of hydrogen-bond acceptors (Lipinski definition) is 7. The highest BCUT2D eigenvalue weighted by atomic mass is 79.9. The second kappa shape index (κ2) is 8.13. The number of carbonyl (C=O) groups is 1. The van der Waals surface area contributed by atoms with Crippen molar-refractivity contribution in [3.63, 3.8) is 0 Å². The van der Waals surface area contributed by atoms with E-state index in [1.807, 2.05) is 24.3 Å². The van der Waals surface area contributed by atoms with Crippen LogP contribution in [0.4, 0.5) is 5.82 Å². The van der Waals surface area contributed by atoms with Crippen molar-refractivity contribution in [3.8, 4) is 17.2 Å². The Bertz CT molecular complexity index is 853. The minimum atomic E-state index is -0.205. The molecule has 0 saturated carbocycles. The molecule has 0 aliphatic carbocycles. The fourth-order valence-corrected chi connectivity index (χ4v) is 2.67. The molecule has 3 aromatic rings. The van der Waals surface area contributed by atoms with Crippen LogP contribution in [0.2, 0.25) is 0 Å². The van der Waals surface area contributed by atoms with E-state index in [2.05, 4.69) is 36.4 Å². The van der Waals surface area contributed by atoms with Crippen molar-refractivity contribution in [1.29, 1.82) is 0 Å². The molecule has 2 aromatic heterocycles. The number of hydrogen-bond donors (Lipinski definition) is 1. The van der Waals surface area contributed by atoms with Gasteiger partial charge in [-0.15, -0.1) is 10.2 Å². The summed E-state index contributed by atoms with van der Waals surface area (Å²) < 4.78 is 11.5. The standard InChI is InChI=1S/C16H13BrN4O3S/c1-23-12-5-2-10(3-6-12)15-20-21-16(24-15)25-9-14(22)19-13-7-4-11(17)8-18-13/h2-8H,9H2,1H3,(H,18,19,22). The minimum Gasteiger partial charge on any atom is -0.497 e. The maximum atomic E-state index is 11.9. The van der Waals surface area contributed by atoms with Crippen LogP contribution in [0.1, 0.15) is 0 Å². The van der Waals surface area contributed by atoms with Crippen molar-refractivity contribution < 1.29 is 13.9 Å². The lowest BCUT2D eigenvalue weighted by Crippen LogP contribution is -2.14. The highest BCUT2D eigenvalue weighted by molar-refractivity contribution is 9.10. The Morgan fingerprint density at radius 3 is 2.72 bits per heavy atom. The summed E-state index contributed by atoms with van der Waals surface area (Å²) in [6.45, 7) is 0. The monoisotopic (exact) mass is 420 g/mol. The number of nitrogens with zero attached hydrogens (tertiary/aromatic N) is 3. The zero-order valence-corrected chi connectivity index (χ0v) is 15.5. The van der Waals surface area contributed by atoms with Gasteiger partial charge >= 0.3 is 0 Å². The van der Waals surface area contributed by atoms with E-state index in [9.17, 15) is 4.79 Å². The van der Waals surface area contributed by atoms with Gasteiger partial charge in [-0.2, -0.15) is 0 Å². The Morgan fingerprint density at radius 1 is 1.24 bits per heavy atom. The topological polar surface area (TPSA) is 90.1 Å². The van der Waals surface area contributed by atoms with Crippen molar-refractivity contribution in [3.05, 3.63) is 47.1 Å². The van der Waals surface area contributed by atoms with Crippen molar-refractivity contribution >= 4 is 39.4 Å². The molecule has 3 rings (SSSR count). The highest BCUT2D eigenvalue weighted by Gasteiger charge is 2.12. The smallest absolute Gasteiger partial charge is 0.277 e. The molecule has 0 atom stereocenters. The predicted molar refractivity (Wildman–Crippen MR) is 97.6 cm³/mol. The molecule has 0 spiro atoms. The van der Waals surface area contributed by atoms with Crippen LogP contribution in [-0.4, -0.2) is 34.0 Å². The molecule has 0 unspecified atom stereocenters. The summed E-state index contributed by atoms with van der Waals surface area (Å²) in [5.41, 5.74) is 0.781. The van der Waals surface area contributed by atoms with E-state index >= 15 is 0 Å². The van der Waals surface area contributed by atoms with Gasteiger partial charge in [-0.1, -0.05) is 11.8 Å². The predicted octanol–water partition coefficient (Wildman–Crippen LogP) is 3.63. The number of pyridine rings is 1. The second-order valence-corrected chi connectivity index (χ2v) is 6.64. The van der Waals surface area contributed by atoms with Crippen LogP contribution < -0.4 is 10.1 Å². The van der Waals surface area contributed by atoms with Crippen molar-refractivity contribution in [2.24, 2.45) is 0 Å². The van der Waals surface area contributed by atoms with E-state index in [1.165, 1.54) is 0 Å². The zero-order chi connectivity index (χ0) is 17.6. The zero-order valence-electron chi connectivity index (χ0n) is 13.1. The van der Waals surface area contributed by atoms with Gasteiger partial charge in [0.2, 0.25) is 11.8 Å². The number of aromatic nitrogens is 3. The van der Waals surface area contributed by atoms with Gasteiger partial charge < -0.3 is 14.5 Å². The third-order valence-corrected chi connectivity index (χ3v) is 4.35. The van der Waals surface area contributed by atoms with Gasteiger partial charge in [0.05, 0.1) is 12.9 Å². The Morgan fingerprint density at radius 2 is 2.04 bits per heavy atom. The number of benzene rings is 1. The molecule has 1 N–H and O–H groups in total. The molecule has 0 radical (unpaired) electrons. The van der Waals surface area contributed by atoms with Crippen molar-refractivity contribution in [1.82, 2.24) is 15.2 Å². The summed E-state index contributed by atoms with van der Waals surface area (Å²) in [4.78, 5) is 16.0. The van der Waals surface area contributed by atoms with Gasteiger partial charge in [-0.25, -0.2) is 4.98 Å². The molecule has 25 heavy (non-hydrogen) atoms. The number of anilines is 1. The Hall–Kier alpha value is -2.39. The Kier molecular flexibility index (Phi) is 5.67. The average molecular weight is 421 g/mol. The van der Waals surface area contributed by atoms with Crippen LogP contribution in [0.5, 0.6) is 5.75 Å². The maximum absolute atomic E-state index is 11.9. The first-order chi connectivity index (χ1) is 12.1. The van der Waals surface area contributed by atoms with Gasteiger partial charge in [-0.3, -0.25) is 4.79 Å². The van der Waals surface area contributed by atoms with Crippen molar-refractivity contribution in [2.75, 3.05) is 18.2 Å². The third-order valence-electron chi connectivity index (χ3n) is 3.07. The fraction of sp³-hybridized carbons (Fsp3) is 0.125. The number of rotatable bonds is 6. The first-order valence-electron chi connectivity index (χ1n) is 7.16. The number of amides is 1. The number of nitrogens with one attached hydrogen (secondary N) is 1. The van der Waals surface area contributed by atoms with E-state index in [-0.39, 0.29) is 11.7 Å². The van der Waals surface area contributed by atoms with Crippen LogP contribution in [0.25, 0.3) is 11.5 Å². The van der Waals surface area contributed by atoms with Gasteiger partial charge in [0.25, 0.3) is 5.22 Å². The summed E-state index contributed by atoms with van der Waals surface area (Å²) in [5, 5.41) is 10.9. The summed E-state index contributed by atoms with van der Waals surface area (Å²) >= 11 is 4.45. The van der Waals surface area contributed by atoms with E-state index in [4.69, 9.17) is 9.15 Å². The first kappa shape index (κ1) is 17.4. The maximum Gasteiger partial charge on any atom is 0.277 e. The van der Waals surface area contributed by atoms with E-state index < -0.39 is 0 Å². The van der Waals surface area contributed by atoms with Gasteiger partial charge in [0.1, 0.15) is 11.6 Å². The molecule has 9 heteroatoms. The van der Waals surface area contributed by atoms with Crippen LogP contribution >= 0.6 is 27.7 Å². The largest absolute Gasteiger partial charge is 0.497 e. The van der Waals surface area contributed by atoms with Crippen molar-refractivity contribution in [2.45, 2.75) is 5.22 Å². The third kappa shape index (κ3) is 4.80. The number of halogens is 1. The molecule has 0 aliphatic rings. The molecule has 128 valence electrons. The molecular weight excluding hydrogens is 408 g/mol. The number of thioether (sulfide) groups is 1. The molecule has 0 aliphatic heterocycles. The Labute approximate surface area is 156 Å². The van der Waals surface area contributed by atoms with E-state index in [0.717, 1.165) is 27.5 Å². The summed E-state index contributed by atoms with van der Waals surface area (Å²) in [6.07, 6.45) is 1.61. The molecule has 1 amide bonds. The fourth-order valence-electron chi connectivity index (χ4n) is 1.87. The van der Waals surface area contributed by atoms with Crippen LogP contribution in [0, 0.1) is 0 Å². The number of methoxy groups -OCH3 is 1. The second-order valence-electron chi connectivity index (χ2n) is 4.80. The first-order valence-corrected chi connectivity index (χ1v) is 8.94. The highest BCUT2D eigenvalue weighted by Crippen LogP contribution is 2.24. The summed E-state index contributed by atoms with van der Waals surface area (Å²) in [5.74, 6) is 1.56. The van der Waals surface area contributed by atoms with Crippen LogP contribution in [-0.2, 0) is 4.79 Å². The average Bonchev–Trinajstić information content (AvgIpc) is 3.11. The normalized spacial score (nSPS) is 10.5. The van der Waals surface area contributed by atoms with Gasteiger partial charge in [-0.05, 0) is 52.3 Å². The van der Waals surface area contributed by atoms with Gasteiger partial charge in [0.15, 0.2) is 0 Å². The number of ether oxygens (including phenoxy) is 1. The number of carbonyl (C=O) groups excluding carboxylic acids is 1. The van der Waals surface area contributed by atoms with E-state index in [1.54, 1.807) is 25.4 Å². The molecule has 1 aromatic carbocycles. The summed E-state index contributed by atoms with van der Waals surface area (Å²) in [7, 11) is 1.60.